The van der Waals surface area contributed by atoms with Crippen molar-refractivity contribution in [2.45, 2.75) is 58.8 Å². The lowest BCUT2D eigenvalue weighted by Gasteiger charge is -2.24. The summed E-state index contributed by atoms with van der Waals surface area (Å²) < 4.78 is 24.2. The van der Waals surface area contributed by atoms with Crippen LogP contribution in [0.15, 0.2) is 0 Å². The van der Waals surface area contributed by atoms with Crippen LogP contribution in [-0.2, 0) is 13.6 Å². The third-order valence-corrected chi connectivity index (χ3v) is 4.70. The zero-order chi connectivity index (χ0) is 13.1. The van der Waals surface area contributed by atoms with Gasteiger partial charge >= 0.3 is 7.60 Å². The van der Waals surface area contributed by atoms with E-state index in [0.29, 0.717) is 0 Å². The van der Waals surface area contributed by atoms with Gasteiger partial charge in [-0.25, -0.2) is 4.74 Å². The molecule has 0 aromatic carbocycles. The Kier molecular flexibility index (Phi) is 5.17. The van der Waals surface area contributed by atoms with E-state index in [4.69, 9.17) is 9.05 Å². The van der Waals surface area contributed by atoms with E-state index in [-0.39, 0.29) is 24.4 Å². The highest BCUT2D eigenvalue weighted by atomic mass is 31.2. The summed E-state index contributed by atoms with van der Waals surface area (Å²) >= 11 is 0. The number of hydroxylamine groups is 1. The van der Waals surface area contributed by atoms with Crippen molar-refractivity contribution in [3.05, 3.63) is 5.21 Å². The quantitative estimate of drug-likeness (QED) is 0.420. The van der Waals surface area contributed by atoms with E-state index in [1.54, 1.807) is 6.21 Å². The van der Waals surface area contributed by atoms with Crippen molar-refractivity contribution in [3.8, 4) is 0 Å². The van der Waals surface area contributed by atoms with Crippen molar-refractivity contribution < 1.29 is 18.4 Å². The molecule has 1 aliphatic heterocycles. The van der Waals surface area contributed by atoms with Crippen LogP contribution in [0.4, 0.5) is 0 Å². The number of rotatable bonds is 6. The topological polar surface area (TPSA) is 61.6 Å². The fraction of sp³-hybridized carbons (Fsp3) is 0.909. The highest BCUT2D eigenvalue weighted by Gasteiger charge is 2.36. The van der Waals surface area contributed by atoms with E-state index < -0.39 is 7.60 Å². The molecular formula is C11H22NO4P. The summed E-state index contributed by atoms with van der Waals surface area (Å²) in [5.41, 5.74) is 0. The normalized spacial score (nSPS) is 21.3. The minimum atomic E-state index is -3.18. The van der Waals surface area contributed by atoms with E-state index in [0.717, 1.165) is 17.6 Å². The Hall–Kier alpha value is -0.380. The van der Waals surface area contributed by atoms with Gasteiger partial charge in [-0.3, -0.25) is 4.57 Å². The van der Waals surface area contributed by atoms with Crippen molar-refractivity contribution in [2.75, 3.05) is 6.16 Å². The predicted octanol–water partition coefficient (Wildman–Crippen LogP) is 2.77. The Balaban J connectivity index is 2.69. The first-order valence-electron chi connectivity index (χ1n) is 6.07. The molecule has 0 spiro atoms. The standard InChI is InChI=1S/C11H22NO4P/c1-9(2)15-17(14,16-10(3)4)8-11-6-5-7-12(11)13/h7,9-11H,5-6,8H2,1-4H3. The molecule has 0 aromatic rings. The SMILES string of the molecule is CC(C)OP(=O)(CC1CCC=[N+]1[O-])OC(C)C. The van der Waals surface area contributed by atoms with Gasteiger partial charge in [0.25, 0.3) is 0 Å². The minimum Gasteiger partial charge on any atom is -0.624 e. The van der Waals surface area contributed by atoms with Gasteiger partial charge in [0.1, 0.15) is 6.16 Å². The lowest BCUT2D eigenvalue weighted by molar-refractivity contribution is -0.482. The largest absolute Gasteiger partial charge is 0.624 e. The molecule has 1 aliphatic rings. The summed E-state index contributed by atoms with van der Waals surface area (Å²) in [4.78, 5) is 0. The Morgan fingerprint density at radius 1 is 1.35 bits per heavy atom. The second-order valence-corrected chi connectivity index (χ2v) is 6.88. The summed E-state index contributed by atoms with van der Waals surface area (Å²) in [6, 6.07) is -0.279. The average Bonchev–Trinajstić information content (AvgIpc) is 2.47. The van der Waals surface area contributed by atoms with Crippen molar-refractivity contribution >= 4 is 13.8 Å². The summed E-state index contributed by atoms with van der Waals surface area (Å²) in [7, 11) is -3.18. The molecule has 0 N–H and O–H groups in total. The van der Waals surface area contributed by atoms with Gasteiger partial charge in [0, 0.05) is 12.8 Å². The molecule has 5 nitrogen and oxygen atoms in total. The Bertz CT molecular complexity index is 313. The lowest BCUT2D eigenvalue weighted by Crippen LogP contribution is -2.24. The van der Waals surface area contributed by atoms with Crippen LogP contribution in [0, 0.1) is 5.21 Å². The second-order valence-electron chi connectivity index (χ2n) is 4.88. The van der Waals surface area contributed by atoms with Crippen LogP contribution in [0.25, 0.3) is 0 Å². The fourth-order valence-electron chi connectivity index (χ4n) is 1.85. The van der Waals surface area contributed by atoms with Gasteiger partial charge in [-0.05, 0) is 27.7 Å². The van der Waals surface area contributed by atoms with E-state index in [2.05, 4.69) is 0 Å². The maximum absolute atomic E-state index is 12.5. The first-order valence-corrected chi connectivity index (χ1v) is 7.80. The number of hydrogen-bond donors (Lipinski definition) is 0. The Morgan fingerprint density at radius 3 is 2.24 bits per heavy atom. The highest BCUT2D eigenvalue weighted by molar-refractivity contribution is 7.53. The van der Waals surface area contributed by atoms with Crippen LogP contribution in [0.5, 0.6) is 0 Å². The van der Waals surface area contributed by atoms with Crippen molar-refractivity contribution in [3.63, 3.8) is 0 Å². The number of nitrogens with zero attached hydrogens (tertiary/aromatic N) is 1. The van der Waals surface area contributed by atoms with Gasteiger partial charge in [0.15, 0.2) is 12.3 Å². The van der Waals surface area contributed by atoms with Gasteiger partial charge in [0.2, 0.25) is 0 Å². The van der Waals surface area contributed by atoms with Crippen LogP contribution in [-0.4, -0.2) is 35.4 Å². The molecule has 100 valence electrons. The van der Waals surface area contributed by atoms with Crippen LogP contribution in [0.1, 0.15) is 40.5 Å². The molecule has 0 radical (unpaired) electrons. The third kappa shape index (κ3) is 4.78. The van der Waals surface area contributed by atoms with Crippen molar-refractivity contribution in [1.29, 1.82) is 0 Å². The smallest absolute Gasteiger partial charge is 0.337 e. The fourth-order valence-corrected chi connectivity index (χ4v) is 4.22. The molecule has 1 rings (SSSR count). The van der Waals surface area contributed by atoms with Crippen LogP contribution in [0.2, 0.25) is 0 Å². The summed E-state index contributed by atoms with van der Waals surface area (Å²) in [5, 5.41) is 11.5. The average molecular weight is 263 g/mol. The van der Waals surface area contributed by atoms with Gasteiger partial charge in [-0.15, -0.1) is 0 Å². The van der Waals surface area contributed by atoms with Crippen LogP contribution >= 0.6 is 7.60 Å². The zero-order valence-corrected chi connectivity index (χ0v) is 11.9. The molecule has 6 heteroatoms. The summed E-state index contributed by atoms with van der Waals surface area (Å²) in [6.07, 6.45) is 2.85. The molecule has 17 heavy (non-hydrogen) atoms. The molecule has 1 heterocycles. The second kappa shape index (κ2) is 5.98. The van der Waals surface area contributed by atoms with Gasteiger partial charge in [-0.1, -0.05) is 0 Å². The highest BCUT2D eigenvalue weighted by Crippen LogP contribution is 2.51. The molecule has 0 saturated carbocycles. The van der Waals surface area contributed by atoms with Gasteiger partial charge in [-0.2, -0.15) is 0 Å². The maximum Gasteiger partial charge on any atom is 0.337 e. The van der Waals surface area contributed by atoms with Crippen LogP contribution < -0.4 is 0 Å². The Labute approximate surface area is 103 Å². The van der Waals surface area contributed by atoms with Crippen molar-refractivity contribution in [1.82, 2.24) is 0 Å². The molecular weight excluding hydrogens is 241 g/mol. The lowest BCUT2D eigenvalue weighted by atomic mass is 10.2. The van der Waals surface area contributed by atoms with E-state index >= 15 is 0 Å². The van der Waals surface area contributed by atoms with Crippen molar-refractivity contribution in [2.24, 2.45) is 0 Å². The third-order valence-electron chi connectivity index (χ3n) is 2.35. The first-order chi connectivity index (χ1) is 7.82. The summed E-state index contributed by atoms with van der Waals surface area (Å²) in [6.45, 7) is 7.25. The molecule has 0 saturated heterocycles. The Morgan fingerprint density at radius 2 is 1.88 bits per heavy atom. The number of hydrogen-bond acceptors (Lipinski definition) is 4. The van der Waals surface area contributed by atoms with E-state index in [1.807, 2.05) is 27.7 Å². The molecule has 0 fully saturated rings. The van der Waals surface area contributed by atoms with Gasteiger partial charge in [0.05, 0.1) is 12.2 Å². The van der Waals surface area contributed by atoms with Crippen LogP contribution in [0.3, 0.4) is 0 Å². The first kappa shape index (κ1) is 14.7. The maximum atomic E-state index is 12.5. The molecule has 1 atom stereocenters. The molecule has 0 aliphatic carbocycles. The predicted molar refractivity (Wildman–Crippen MR) is 67.6 cm³/mol. The summed E-state index contributed by atoms with van der Waals surface area (Å²) in [5.74, 6) is 0. The minimum absolute atomic E-state index is 0.170. The molecule has 0 aromatic heterocycles. The van der Waals surface area contributed by atoms with E-state index in [9.17, 15) is 9.77 Å². The van der Waals surface area contributed by atoms with Gasteiger partial charge < -0.3 is 14.3 Å². The van der Waals surface area contributed by atoms with E-state index in [1.165, 1.54) is 0 Å². The monoisotopic (exact) mass is 263 g/mol. The molecule has 0 amide bonds. The molecule has 0 bridgehead atoms. The molecule has 1 unspecified atom stereocenters. The zero-order valence-electron chi connectivity index (χ0n) is 11.0.